The molecule has 0 saturated carbocycles. The van der Waals surface area contributed by atoms with Crippen molar-refractivity contribution in [2.75, 3.05) is 6.61 Å². The third-order valence-electron chi connectivity index (χ3n) is 3.31. The highest BCUT2D eigenvalue weighted by Gasteiger charge is 2.17. The highest BCUT2D eigenvalue weighted by atomic mass is 79.9. The largest absolute Gasteiger partial charge is 0.459 e. The first-order valence-electron chi connectivity index (χ1n) is 6.82. The van der Waals surface area contributed by atoms with E-state index in [0.29, 0.717) is 12.0 Å². The van der Waals surface area contributed by atoms with E-state index in [9.17, 15) is 4.79 Å². The number of esters is 1. The van der Waals surface area contributed by atoms with Gasteiger partial charge in [-0.2, -0.15) is 0 Å². The number of fused-ring (bicyclic) bond motifs is 1. The lowest BCUT2D eigenvalue weighted by molar-refractivity contribution is -0.285. The van der Waals surface area contributed by atoms with Gasteiger partial charge in [0.15, 0.2) is 0 Å². The van der Waals surface area contributed by atoms with Crippen molar-refractivity contribution in [3.63, 3.8) is 0 Å². The van der Waals surface area contributed by atoms with Crippen LogP contribution in [-0.4, -0.2) is 23.9 Å². The van der Waals surface area contributed by atoms with E-state index in [0.717, 1.165) is 20.8 Å². The van der Waals surface area contributed by atoms with E-state index >= 15 is 0 Å². The molecule has 0 amide bonds. The van der Waals surface area contributed by atoms with Gasteiger partial charge in [0.1, 0.15) is 12.7 Å². The average Bonchev–Trinajstić information content (AvgIpc) is 2.52. The molecule has 0 heterocycles. The van der Waals surface area contributed by atoms with Crippen molar-refractivity contribution in [1.29, 1.82) is 0 Å². The van der Waals surface area contributed by atoms with Crippen LogP contribution in [0.1, 0.15) is 12.5 Å². The Morgan fingerprint density at radius 2 is 2.05 bits per heavy atom. The van der Waals surface area contributed by atoms with Crippen molar-refractivity contribution >= 4 is 32.7 Å². The second-order valence-corrected chi connectivity index (χ2v) is 5.91. The molecule has 0 aliphatic carbocycles. The molecule has 116 valence electrons. The van der Waals surface area contributed by atoms with Gasteiger partial charge in [-0.25, -0.2) is 9.68 Å². The molecule has 0 aromatic heterocycles. The fourth-order valence-corrected chi connectivity index (χ4v) is 2.67. The van der Waals surface area contributed by atoms with E-state index in [1.807, 2.05) is 36.4 Å². The number of halogens is 1. The Kier molecular flexibility index (Phi) is 5.71. The predicted octanol–water partition coefficient (Wildman–Crippen LogP) is 4.12. The van der Waals surface area contributed by atoms with E-state index < -0.39 is 12.1 Å². The van der Waals surface area contributed by atoms with Gasteiger partial charge in [0.2, 0.25) is 0 Å². The van der Waals surface area contributed by atoms with Crippen molar-refractivity contribution in [1.82, 2.24) is 0 Å². The second-order valence-electron chi connectivity index (χ2n) is 5.06. The number of carbonyl (C=O) groups is 1. The second kappa shape index (κ2) is 7.54. The smallest absolute Gasteiger partial charge is 0.333 e. The molecule has 0 radical (unpaired) electrons. The van der Waals surface area contributed by atoms with Crippen LogP contribution in [0.25, 0.3) is 10.8 Å². The monoisotopic (exact) mass is 364 g/mol. The Morgan fingerprint density at radius 1 is 1.32 bits per heavy atom. The number of hydrogen-bond acceptors (Lipinski definition) is 4. The minimum absolute atomic E-state index is 0.0438. The highest BCUT2D eigenvalue weighted by molar-refractivity contribution is 9.10. The van der Waals surface area contributed by atoms with E-state index in [2.05, 4.69) is 27.4 Å². The topological polar surface area (TPSA) is 55.8 Å². The lowest BCUT2D eigenvalue weighted by Gasteiger charge is -2.16. The fraction of sp³-hybridized carbons (Fsp3) is 0.235. The van der Waals surface area contributed by atoms with Crippen molar-refractivity contribution in [2.45, 2.75) is 19.4 Å². The Balaban J connectivity index is 2.19. The molecule has 0 spiro atoms. The minimum Gasteiger partial charge on any atom is -0.459 e. The lowest BCUT2D eigenvalue weighted by atomic mass is 10.00. The van der Waals surface area contributed by atoms with Gasteiger partial charge in [-0.15, -0.1) is 0 Å². The number of ether oxygens (including phenoxy) is 1. The summed E-state index contributed by atoms with van der Waals surface area (Å²) >= 11 is 3.52. The molecule has 0 aliphatic heterocycles. The molecule has 2 aromatic rings. The zero-order valence-corrected chi connectivity index (χ0v) is 13.8. The van der Waals surface area contributed by atoms with Crippen LogP contribution in [0.4, 0.5) is 0 Å². The van der Waals surface area contributed by atoms with Crippen LogP contribution >= 0.6 is 15.9 Å². The third kappa shape index (κ3) is 3.94. The van der Waals surface area contributed by atoms with Gasteiger partial charge in [-0.3, -0.25) is 5.26 Å². The van der Waals surface area contributed by atoms with Gasteiger partial charge in [-0.05, 0) is 29.3 Å². The first-order chi connectivity index (χ1) is 10.5. The Labute approximate surface area is 137 Å². The molecule has 0 saturated heterocycles. The number of rotatable bonds is 6. The highest BCUT2D eigenvalue weighted by Crippen LogP contribution is 2.28. The molecule has 0 fully saturated rings. The summed E-state index contributed by atoms with van der Waals surface area (Å²) in [6.45, 7) is 5.04. The zero-order valence-electron chi connectivity index (χ0n) is 12.2. The van der Waals surface area contributed by atoms with Crippen molar-refractivity contribution in [2.24, 2.45) is 0 Å². The molecular formula is C17H17BrO4. The molecule has 2 aromatic carbocycles. The van der Waals surface area contributed by atoms with Gasteiger partial charge >= 0.3 is 5.97 Å². The van der Waals surface area contributed by atoms with Crippen LogP contribution in [0, 0.1) is 0 Å². The predicted molar refractivity (Wildman–Crippen MR) is 88.6 cm³/mol. The van der Waals surface area contributed by atoms with E-state index in [-0.39, 0.29) is 6.61 Å². The maximum absolute atomic E-state index is 11.4. The van der Waals surface area contributed by atoms with Gasteiger partial charge in [0.05, 0.1) is 0 Å². The first-order valence-corrected chi connectivity index (χ1v) is 7.61. The fourth-order valence-electron chi connectivity index (χ4n) is 2.16. The van der Waals surface area contributed by atoms with Crippen LogP contribution in [-0.2, 0) is 20.8 Å². The maximum Gasteiger partial charge on any atom is 0.333 e. The van der Waals surface area contributed by atoms with Crippen LogP contribution in [0.2, 0.25) is 0 Å². The quantitative estimate of drug-likeness (QED) is 0.362. The Morgan fingerprint density at radius 3 is 2.73 bits per heavy atom. The normalized spacial score (nSPS) is 12.1. The molecular weight excluding hydrogens is 348 g/mol. The molecule has 22 heavy (non-hydrogen) atoms. The molecule has 0 bridgehead atoms. The summed E-state index contributed by atoms with van der Waals surface area (Å²) in [7, 11) is 0. The summed E-state index contributed by atoms with van der Waals surface area (Å²) in [5.41, 5.74) is 1.30. The van der Waals surface area contributed by atoms with Gasteiger partial charge in [-0.1, -0.05) is 52.8 Å². The summed E-state index contributed by atoms with van der Waals surface area (Å²) in [5, 5.41) is 11.2. The van der Waals surface area contributed by atoms with E-state index in [1.165, 1.54) is 0 Å². The summed E-state index contributed by atoms with van der Waals surface area (Å²) in [4.78, 5) is 15.9. The van der Waals surface area contributed by atoms with Crippen LogP contribution in [0.3, 0.4) is 0 Å². The number of hydrogen-bond donors (Lipinski definition) is 1. The van der Waals surface area contributed by atoms with Crippen LogP contribution < -0.4 is 0 Å². The summed E-state index contributed by atoms with van der Waals surface area (Å²) in [6.07, 6.45) is -0.243. The SMILES string of the molecule is C=C(C)C(=O)OCC(Cc1c(Br)ccc2ccccc12)OO. The third-order valence-corrected chi connectivity index (χ3v) is 4.06. The zero-order chi connectivity index (χ0) is 16.1. The number of benzene rings is 2. The average molecular weight is 365 g/mol. The van der Waals surface area contributed by atoms with Gasteiger partial charge in [0.25, 0.3) is 0 Å². The van der Waals surface area contributed by atoms with Crippen LogP contribution in [0.15, 0.2) is 53.0 Å². The minimum atomic E-state index is -0.648. The first kappa shape index (κ1) is 16.7. The van der Waals surface area contributed by atoms with Gasteiger partial charge < -0.3 is 4.74 Å². The molecule has 5 heteroatoms. The van der Waals surface area contributed by atoms with E-state index in [1.54, 1.807) is 6.92 Å². The summed E-state index contributed by atoms with van der Waals surface area (Å²) < 4.78 is 5.96. The molecule has 2 rings (SSSR count). The molecule has 1 unspecified atom stereocenters. The molecule has 1 atom stereocenters. The standard InChI is InChI=1S/C17H17BrO4/c1-11(2)17(19)21-10-13(22-20)9-15-14-6-4-3-5-12(14)7-8-16(15)18/h3-8,13,20H,1,9-10H2,2H3. The molecule has 4 nitrogen and oxygen atoms in total. The van der Waals surface area contributed by atoms with Crippen molar-refractivity contribution in [3.05, 3.63) is 58.6 Å². The summed E-state index contributed by atoms with van der Waals surface area (Å²) in [5.74, 6) is -0.501. The molecule has 1 N–H and O–H groups in total. The Bertz CT molecular complexity index is 696. The maximum atomic E-state index is 11.4. The summed E-state index contributed by atoms with van der Waals surface area (Å²) in [6, 6.07) is 11.9. The van der Waals surface area contributed by atoms with Crippen LogP contribution in [0.5, 0.6) is 0 Å². The van der Waals surface area contributed by atoms with Crippen molar-refractivity contribution < 1.29 is 19.7 Å². The molecule has 0 aliphatic rings. The lowest BCUT2D eigenvalue weighted by Crippen LogP contribution is -2.24. The number of carbonyl (C=O) groups excluding carboxylic acids is 1. The van der Waals surface area contributed by atoms with Gasteiger partial charge in [0, 0.05) is 16.5 Å². The van der Waals surface area contributed by atoms with E-state index in [4.69, 9.17) is 9.99 Å². The van der Waals surface area contributed by atoms with Crippen molar-refractivity contribution in [3.8, 4) is 0 Å². The Hall–Kier alpha value is -1.69.